The van der Waals surface area contributed by atoms with Gasteiger partial charge in [-0.15, -0.1) is 0 Å². The van der Waals surface area contributed by atoms with Gasteiger partial charge in [-0.2, -0.15) is 19.3 Å². The van der Waals surface area contributed by atoms with E-state index in [1.54, 1.807) is 0 Å². The third kappa shape index (κ3) is 1.58. The highest BCUT2D eigenvalue weighted by atomic mass is 19.1. The van der Waals surface area contributed by atoms with Gasteiger partial charge < -0.3 is 10.6 Å². The molecule has 1 heterocycles. The first-order valence-corrected chi connectivity index (χ1v) is 5.55. The first-order valence-electron chi connectivity index (χ1n) is 5.55. The monoisotopic (exact) mass is 223 g/mol. The number of nitrogen functional groups attached to an aromatic ring is 1. The Hall–Kier alpha value is -1.46. The highest BCUT2D eigenvalue weighted by Gasteiger charge is 2.50. The molecule has 6 heteroatoms. The quantitative estimate of drug-likeness (QED) is 0.831. The van der Waals surface area contributed by atoms with Gasteiger partial charge in [0.25, 0.3) is 0 Å². The van der Waals surface area contributed by atoms with Gasteiger partial charge in [0.05, 0.1) is 0 Å². The van der Waals surface area contributed by atoms with Crippen LogP contribution in [0.1, 0.15) is 32.6 Å². The molecule has 0 atom stereocenters. The van der Waals surface area contributed by atoms with Gasteiger partial charge in [-0.05, 0) is 32.6 Å². The van der Waals surface area contributed by atoms with Gasteiger partial charge in [0.2, 0.25) is 11.9 Å². The summed E-state index contributed by atoms with van der Waals surface area (Å²) in [6, 6.07) is 0.452. The van der Waals surface area contributed by atoms with Gasteiger partial charge >= 0.3 is 6.08 Å². The van der Waals surface area contributed by atoms with E-state index in [0.717, 1.165) is 25.7 Å². The molecule has 0 amide bonds. The molecule has 0 bridgehead atoms. The standard InChI is InChI=1S/C10H14FN5/c1-10(4-5-10)16(6-2-3-6)9-14-7(11)13-8(12)15-9/h6H,2-5H2,1H3,(H2,12,13,14,15). The maximum atomic E-state index is 13.1. The lowest BCUT2D eigenvalue weighted by Gasteiger charge is -2.29. The zero-order valence-electron chi connectivity index (χ0n) is 9.15. The molecule has 2 aliphatic rings. The van der Waals surface area contributed by atoms with E-state index < -0.39 is 6.08 Å². The third-order valence-corrected chi connectivity index (χ3v) is 3.30. The maximum absolute atomic E-state index is 13.1. The van der Waals surface area contributed by atoms with E-state index in [0.29, 0.717) is 12.0 Å². The Balaban J connectivity index is 1.98. The Bertz CT molecular complexity index is 407. The molecule has 0 saturated heterocycles. The van der Waals surface area contributed by atoms with Crippen LogP contribution in [0.4, 0.5) is 16.3 Å². The minimum atomic E-state index is -0.794. The van der Waals surface area contributed by atoms with Crippen molar-refractivity contribution >= 4 is 11.9 Å². The molecule has 86 valence electrons. The van der Waals surface area contributed by atoms with Crippen LogP contribution in [-0.2, 0) is 0 Å². The van der Waals surface area contributed by atoms with Crippen LogP contribution in [0.2, 0.25) is 0 Å². The lowest BCUT2D eigenvalue weighted by molar-refractivity contribution is 0.522. The third-order valence-electron chi connectivity index (χ3n) is 3.30. The lowest BCUT2D eigenvalue weighted by atomic mass is 10.2. The summed E-state index contributed by atoms with van der Waals surface area (Å²) in [4.78, 5) is 13.3. The van der Waals surface area contributed by atoms with Crippen LogP contribution in [-0.4, -0.2) is 26.5 Å². The summed E-state index contributed by atoms with van der Waals surface area (Å²) in [5.74, 6) is 0.352. The van der Waals surface area contributed by atoms with Crippen molar-refractivity contribution in [1.29, 1.82) is 0 Å². The molecule has 0 unspecified atom stereocenters. The molecular formula is C10H14FN5. The van der Waals surface area contributed by atoms with Crippen molar-refractivity contribution < 1.29 is 4.39 Å². The molecule has 3 rings (SSSR count). The van der Waals surface area contributed by atoms with E-state index in [9.17, 15) is 4.39 Å². The molecule has 2 aliphatic carbocycles. The molecule has 0 radical (unpaired) electrons. The maximum Gasteiger partial charge on any atom is 0.315 e. The molecular weight excluding hydrogens is 209 g/mol. The van der Waals surface area contributed by atoms with Crippen LogP contribution in [0.5, 0.6) is 0 Å². The zero-order chi connectivity index (χ0) is 11.3. The molecule has 5 nitrogen and oxygen atoms in total. The molecule has 0 aromatic carbocycles. The summed E-state index contributed by atoms with van der Waals surface area (Å²) < 4.78 is 13.1. The Morgan fingerprint density at radius 1 is 1.31 bits per heavy atom. The number of aromatic nitrogens is 3. The first kappa shape index (κ1) is 9.74. The van der Waals surface area contributed by atoms with Gasteiger partial charge in [-0.1, -0.05) is 0 Å². The summed E-state index contributed by atoms with van der Waals surface area (Å²) in [6.45, 7) is 2.16. The minimum Gasteiger partial charge on any atom is -0.368 e. The van der Waals surface area contributed by atoms with Crippen LogP contribution in [0, 0.1) is 6.08 Å². The van der Waals surface area contributed by atoms with Crippen LogP contribution < -0.4 is 10.6 Å². The van der Waals surface area contributed by atoms with E-state index in [1.807, 2.05) is 0 Å². The molecule has 2 fully saturated rings. The van der Waals surface area contributed by atoms with Crippen LogP contribution >= 0.6 is 0 Å². The summed E-state index contributed by atoms with van der Waals surface area (Å²) in [5, 5.41) is 0. The second-order valence-corrected chi connectivity index (χ2v) is 4.86. The summed E-state index contributed by atoms with van der Waals surface area (Å²) >= 11 is 0. The second kappa shape index (κ2) is 3.02. The summed E-state index contributed by atoms with van der Waals surface area (Å²) in [5.41, 5.74) is 5.55. The molecule has 1 aromatic rings. The van der Waals surface area contributed by atoms with Crippen LogP contribution in [0.25, 0.3) is 0 Å². The van der Waals surface area contributed by atoms with E-state index in [1.165, 1.54) is 0 Å². The molecule has 0 aliphatic heterocycles. The van der Waals surface area contributed by atoms with Crippen molar-refractivity contribution in [3.8, 4) is 0 Å². The zero-order valence-corrected chi connectivity index (χ0v) is 9.15. The van der Waals surface area contributed by atoms with Gasteiger partial charge in [0, 0.05) is 11.6 Å². The van der Waals surface area contributed by atoms with Crippen LogP contribution in [0.3, 0.4) is 0 Å². The number of nitrogens with zero attached hydrogens (tertiary/aromatic N) is 4. The summed E-state index contributed by atoms with van der Waals surface area (Å²) in [7, 11) is 0. The smallest absolute Gasteiger partial charge is 0.315 e. The summed E-state index contributed by atoms with van der Waals surface area (Å²) in [6.07, 6.45) is 3.68. The molecule has 16 heavy (non-hydrogen) atoms. The number of hydrogen-bond acceptors (Lipinski definition) is 5. The van der Waals surface area contributed by atoms with Gasteiger partial charge in [-0.25, -0.2) is 0 Å². The molecule has 2 N–H and O–H groups in total. The van der Waals surface area contributed by atoms with E-state index >= 15 is 0 Å². The van der Waals surface area contributed by atoms with Crippen molar-refractivity contribution in [1.82, 2.24) is 15.0 Å². The first-order chi connectivity index (χ1) is 7.58. The van der Waals surface area contributed by atoms with E-state index in [4.69, 9.17) is 5.73 Å². The Morgan fingerprint density at radius 2 is 2.00 bits per heavy atom. The number of anilines is 2. The van der Waals surface area contributed by atoms with Crippen molar-refractivity contribution in [3.05, 3.63) is 6.08 Å². The van der Waals surface area contributed by atoms with E-state index in [2.05, 4.69) is 26.8 Å². The predicted molar refractivity (Wildman–Crippen MR) is 57.3 cm³/mol. The Kier molecular flexibility index (Phi) is 1.84. The van der Waals surface area contributed by atoms with Crippen molar-refractivity contribution in [3.63, 3.8) is 0 Å². The van der Waals surface area contributed by atoms with Crippen LogP contribution in [0.15, 0.2) is 0 Å². The lowest BCUT2D eigenvalue weighted by Crippen LogP contribution is -2.38. The van der Waals surface area contributed by atoms with E-state index in [-0.39, 0.29) is 11.5 Å². The Morgan fingerprint density at radius 3 is 2.50 bits per heavy atom. The fourth-order valence-corrected chi connectivity index (χ4v) is 2.06. The normalized spacial score (nSPS) is 21.9. The Labute approximate surface area is 92.9 Å². The SMILES string of the molecule is CC1(N(c2nc(N)nc(F)n2)C2CC2)CC1. The molecule has 2 saturated carbocycles. The van der Waals surface area contributed by atoms with Crippen molar-refractivity contribution in [2.45, 2.75) is 44.2 Å². The molecule has 1 aromatic heterocycles. The second-order valence-electron chi connectivity index (χ2n) is 4.86. The number of halogens is 1. The van der Waals surface area contributed by atoms with Gasteiger partial charge in [0.15, 0.2) is 0 Å². The van der Waals surface area contributed by atoms with Gasteiger partial charge in [-0.3, -0.25) is 0 Å². The highest BCUT2D eigenvalue weighted by molar-refractivity contribution is 5.43. The average molecular weight is 223 g/mol. The topological polar surface area (TPSA) is 67.9 Å². The molecule has 0 spiro atoms. The number of rotatable bonds is 3. The van der Waals surface area contributed by atoms with Gasteiger partial charge in [0.1, 0.15) is 0 Å². The minimum absolute atomic E-state index is 0.0441. The fraction of sp³-hybridized carbons (Fsp3) is 0.700. The van der Waals surface area contributed by atoms with Crippen molar-refractivity contribution in [2.75, 3.05) is 10.6 Å². The average Bonchev–Trinajstić information content (AvgIpc) is 3.04. The van der Waals surface area contributed by atoms with Crippen molar-refractivity contribution in [2.24, 2.45) is 0 Å². The highest BCUT2D eigenvalue weighted by Crippen LogP contribution is 2.48. The fourth-order valence-electron chi connectivity index (χ4n) is 2.06. The predicted octanol–water partition coefficient (Wildman–Crippen LogP) is 1.11. The number of nitrogens with two attached hydrogens (primary N) is 1. The number of hydrogen-bond donors (Lipinski definition) is 1. The largest absolute Gasteiger partial charge is 0.368 e.